The molecular weight excluding hydrogens is 324 g/mol. The smallest absolute Gasteiger partial charge is 0.361 e. The maximum absolute atomic E-state index is 11.8. The van der Waals surface area contributed by atoms with Crippen molar-refractivity contribution in [2.45, 2.75) is 0 Å². The van der Waals surface area contributed by atoms with Crippen molar-refractivity contribution in [3.8, 4) is 5.75 Å². The number of benzene rings is 1. The number of aromatic nitrogens is 2. The molecule has 1 aromatic carbocycles. The van der Waals surface area contributed by atoms with Crippen LogP contribution in [-0.2, 0) is 9.53 Å². The summed E-state index contributed by atoms with van der Waals surface area (Å²) in [6.07, 6.45) is 2.64. The molecule has 120 valence electrons. The van der Waals surface area contributed by atoms with E-state index in [1.54, 1.807) is 12.1 Å². The monoisotopic (exact) mass is 336 g/mol. The Hall–Kier alpha value is -2.87. The second kappa shape index (κ2) is 7.41. The van der Waals surface area contributed by atoms with E-state index in [0.29, 0.717) is 16.5 Å². The lowest BCUT2D eigenvalue weighted by atomic mass is 10.3. The molecule has 8 nitrogen and oxygen atoms in total. The van der Waals surface area contributed by atoms with Crippen molar-refractivity contribution < 1.29 is 19.1 Å². The molecule has 1 amide bonds. The quantitative estimate of drug-likeness (QED) is 0.795. The number of nitrogen functional groups attached to an aromatic ring is 1. The highest BCUT2D eigenvalue weighted by Crippen LogP contribution is 2.27. The molecule has 0 bridgehead atoms. The topological polar surface area (TPSA) is 116 Å². The van der Waals surface area contributed by atoms with E-state index in [1.165, 1.54) is 25.6 Å². The molecule has 2 aromatic rings. The lowest BCUT2D eigenvalue weighted by Crippen LogP contribution is -2.22. The highest BCUT2D eigenvalue weighted by molar-refractivity contribution is 6.32. The van der Waals surface area contributed by atoms with Gasteiger partial charge in [-0.3, -0.25) is 4.79 Å². The minimum atomic E-state index is -0.835. The average Bonchev–Trinajstić information content (AvgIpc) is 2.53. The normalized spacial score (nSPS) is 10.0. The van der Waals surface area contributed by atoms with Crippen LogP contribution in [0.4, 0.5) is 11.5 Å². The Morgan fingerprint density at radius 2 is 2.04 bits per heavy atom. The van der Waals surface area contributed by atoms with E-state index >= 15 is 0 Å². The largest absolute Gasteiger partial charge is 0.495 e. The summed E-state index contributed by atoms with van der Waals surface area (Å²) in [5.74, 6) is -0.963. The van der Waals surface area contributed by atoms with Gasteiger partial charge in [-0.25, -0.2) is 14.8 Å². The Balaban J connectivity index is 1.91. The van der Waals surface area contributed by atoms with E-state index in [1.807, 2.05) is 0 Å². The van der Waals surface area contributed by atoms with Gasteiger partial charge in [0.1, 0.15) is 5.75 Å². The number of nitrogens with two attached hydrogens (primary N) is 1. The number of anilines is 2. The lowest BCUT2D eigenvalue weighted by Gasteiger charge is -2.08. The number of esters is 1. The van der Waals surface area contributed by atoms with E-state index in [-0.39, 0.29) is 11.5 Å². The van der Waals surface area contributed by atoms with Gasteiger partial charge in [-0.05, 0) is 18.2 Å². The highest BCUT2D eigenvalue weighted by Gasteiger charge is 2.15. The van der Waals surface area contributed by atoms with Crippen LogP contribution >= 0.6 is 11.6 Å². The number of nitrogens with zero attached hydrogens (tertiary/aromatic N) is 2. The van der Waals surface area contributed by atoms with Crippen LogP contribution in [0.15, 0.2) is 30.6 Å². The van der Waals surface area contributed by atoms with Crippen LogP contribution in [0.2, 0.25) is 5.02 Å². The van der Waals surface area contributed by atoms with Crippen molar-refractivity contribution in [2.24, 2.45) is 0 Å². The van der Waals surface area contributed by atoms with E-state index in [2.05, 4.69) is 15.3 Å². The first kappa shape index (κ1) is 16.5. The van der Waals surface area contributed by atoms with Gasteiger partial charge in [-0.2, -0.15) is 0 Å². The van der Waals surface area contributed by atoms with Crippen LogP contribution < -0.4 is 15.8 Å². The number of nitrogens with one attached hydrogen (secondary N) is 1. The molecule has 0 saturated heterocycles. The van der Waals surface area contributed by atoms with Crippen molar-refractivity contribution in [3.63, 3.8) is 0 Å². The van der Waals surface area contributed by atoms with E-state index in [0.717, 1.165) is 0 Å². The van der Waals surface area contributed by atoms with Crippen molar-refractivity contribution in [2.75, 3.05) is 24.8 Å². The van der Waals surface area contributed by atoms with Crippen LogP contribution in [0.3, 0.4) is 0 Å². The number of ether oxygens (including phenoxy) is 2. The molecule has 0 fully saturated rings. The van der Waals surface area contributed by atoms with Gasteiger partial charge in [0.05, 0.1) is 12.1 Å². The Morgan fingerprint density at radius 1 is 1.30 bits per heavy atom. The summed E-state index contributed by atoms with van der Waals surface area (Å²) in [6.45, 7) is -0.501. The number of halogens is 1. The standard InChI is InChI=1S/C14H13ClN4O4/c1-22-10-3-2-8(6-9(10)15)19-11(20)7-23-14(21)12-13(16)18-5-4-17-12/h2-6H,7H2,1H3,(H2,16,18)(H,19,20). The van der Waals surface area contributed by atoms with Crippen LogP contribution in [0.25, 0.3) is 0 Å². The molecule has 0 aliphatic heterocycles. The molecule has 2 rings (SSSR count). The van der Waals surface area contributed by atoms with Gasteiger partial charge in [-0.1, -0.05) is 11.6 Å². The summed E-state index contributed by atoms with van der Waals surface area (Å²) >= 11 is 5.95. The number of amides is 1. The third-order valence-corrected chi connectivity index (χ3v) is 2.99. The maximum atomic E-state index is 11.8. The molecular formula is C14H13ClN4O4. The Labute approximate surface area is 136 Å². The molecule has 0 radical (unpaired) electrons. The first-order valence-corrected chi connectivity index (χ1v) is 6.76. The summed E-state index contributed by atoms with van der Waals surface area (Å²) < 4.78 is 9.83. The van der Waals surface area contributed by atoms with Gasteiger partial charge in [-0.15, -0.1) is 0 Å². The minimum Gasteiger partial charge on any atom is -0.495 e. The van der Waals surface area contributed by atoms with Crippen molar-refractivity contribution in [1.29, 1.82) is 0 Å². The zero-order valence-corrected chi connectivity index (χ0v) is 12.8. The third kappa shape index (κ3) is 4.30. The summed E-state index contributed by atoms with van der Waals surface area (Å²) in [6, 6.07) is 4.72. The number of hydrogen-bond acceptors (Lipinski definition) is 7. The zero-order chi connectivity index (χ0) is 16.8. The van der Waals surface area contributed by atoms with E-state index in [9.17, 15) is 9.59 Å². The van der Waals surface area contributed by atoms with Gasteiger partial charge in [0.25, 0.3) is 5.91 Å². The number of rotatable bonds is 5. The fourth-order valence-corrected chi connectivity index (χ4v) is 1.90. The maximum Gasteiger partial charge on any atom is 0.361 e. The SMILES string of the molecule is COc1ccc(NC(=O)COC(=O)c2nccnc2N)cc1Cl. The first-order valence-electron chi connectivity index (χ1n) is 6.38. The summed E-state index contributed by atoms with van der Waals surface area (Å²) in [5.41, 5.74) is 5.79. The number of hydrogen-bond donors (Lipinski definition) is 2. The van der Waals surface area contributed by atoms with Crippen LogP contribution in [0.1, 0.15) is 10.5 Å². The summed E-state index contributed by atoms with van der Waals surface area (Å²) in [4.78, 5) is 31.0. The molecule has 1 aromatic heterocycles. The second-order valence-corrected chi connectivity index (χ2v) is 4.67. The van der Waals surface area contributed by atoms with Crippen molar-refractivity contribution in [3.05, 3.63) is 41.3 Å². The molecule has 0 atom stereocenters. The molecule has 3 N–H and O–H groups in total. The Bertz CT molecular complexity index is 738. The minimum absolute atomic E-state index is 0.0696. The number of methoxy groups -OCH3 is 1. The molecule has 0 unspecified atom stereocenters. The summed E-state index contributed by atoms with van der Waals surface area (Å²) in [5, 5.41) is 2.87. The summed E-state index contributed by atoms with van der Waals surface area (Å²) in [7, 11) is 1.48. The lowest BCUT2D eigenvalue weighted by molar-refractivity contribution is -0.119. The third-order valence-electron chi connectivity index (χ3n) is 2.69. The highest BCUT2D eigenvalue weighted by atomic mass is 35.5. The van der Waals surface area contributed by atoms with E-state index in [4.69, 9.17) is 26.8 Å². The predicted octanol–water partition coefficient (Wildman–Crippen LogP) is 1.52. The number of carbonyl (C=O) groups is 2. The predicted molar refractivity (Wildman–Crippen MR) is 83.4 cm³/mol. The van der Waals surface area contributed by atoms with Crippen LogP contribution in [-0.4, -0.2) is 35.6 Å². The Morgan fingerprint density at radius 3 is 2.70 bits per heavy atom. The molecule has 0 aliphatic carbocycles. The fraction of sp³-hybridized carbons (Fsp3) is 0.143. The molecule has 9 heteroatoms. The van der Waals surface area contributed by atoms with Crippen LogP contribution in [0, 0.1) is 0 Å². The average molecular weight is 337 g/mol. The van der Waals surface area contributed by atoms with Crippen LogP contribution in [0.5, 0.6) is 5.75 Å². The molecule has 23 heavy (non-hydrogen) atoms. The van der Waals surface area contributed by atoms with Gasteiger partial charge < -0.3 is 20.5 Å². The molecule has 0 saturated carbocycles. The molecule has 0 aliphatic rings. The molecule has 1 heterocycles. The second-order valence-electron chi connectivity index (χ2n) is 4.26. The first-order chi connectivity index (χ1) is 11.0. The van der Waals surface area contributed by atoms with Gasteiger partial charge in [0.15, 0.2) is 18.1 Å². The Kier molecular flexibility index (Phi) is 5.32. The van der Waals surface area contributed by atoms with Crippen molar-refractivity contribution >= 4 is 35.0 Å². The molecule has 0 spiro atoms. The van der Waals surface area contributed by atoms with Gasteiger partial charge in [0.2, 0.25) is 0 Å². The number of carbonyl (C=O) groups excluding carboxylic acids is 2. The van der Waals surface area contributed by atoms with Crippen molar-refractivity contribution in [1.82, 2.24) is 9.97 Å². The zero-order valence-electron chi connectivity index (χ0n) is 12.1. The van der Waals surface area contributed by atoms with Gasteiger partial charge in [0, 0.05) is 18.1 Å². The fourth-order valence-electron chi connectivity index (χ4n) is 1.65. The van der Waals surface area contributed by atoms with Gasteiger partial charge >= 0.3 is 5.97 Å². The van der Waals surface area contributed by atoms with E-state index < -0.39 is 18.5 Å².